The van der Waals surface area contributed by atoms with Crippen molar-refractivity contribution in [3.63, 3.8) is 0 Å². The van der Waals surface area contributed by atoms with Crippen molar-refractivity contribution in [3.8, 4) is 0 Å². The second kappa shape index (κ2) is 7.62. The minimum absolute atomic E-state index is 0.255. The highest BCUT2D eigenvalue weighted by Crippen LogP contribution is 2.22. The van der Waals surface area contributed by atoms with E-state index in [0.29, 0.717) is 22.4 Å². The van der Waals surface area contributed by atoms with E-state index in [4.69, 9.17) is 11.6 Å². The molecule has 0 bridgehead atoms. The molecule has 0 aliphatic heterocycles. The fraction of sp³-hybridized carbons (Fsp3) is 0.0476. The van der Waals surface area contributed by atoms with Crippen LogP contribution in [0.1, 0.15) is 16.2 Å². The number of nitrogens with one attached hydrogen (secondary N) is 2. The number of halogens is 1. The molecule has 2 heterocycles. The predicted molar refractivity (Wildman–Crippen MR) is 111 cm³/mol. The Labute approximate surface area is 166 Å². The summed E-state index contributed by atoms with van der Waals surface area (Å²) in [7, 11) is 0. The van der Waals surface area contributed by atoms with E-state index in [1.54, 1.807) is 31.3 Å². The van der Waals surface area contributed by atoms with Gasteiger partial charge < -0.3 is 10.6 Å². The summed E-state index contributed by atoms with van der Waals surface area (Å²) >= 11 is 6.01. The summed E-state index contributed by atoms with van der Waals surface area (Å²) in [5.41, 5.74) is 3.01. The van der Waals surface area contributed by atoms with Crippen molar-refractivity contribution >= 4 is 45.7 Å². The molecule has 2 aromatic heterocycles. The van der Waals surface area contributed by atoms with Crippen molar-refractivity contribution in [2.75, 3.05) is 10.6 Å². The smallest absolute Gasteiger partial charge is 0.274 e. The number of nitrogens with zero attached hydrogens (tertiary/aromatic N) is 3. The molecule has 2 N–H and O–H groups in total. The van der Waals surface area contributed by atoms with E-state index in [1.165, 1.54) is 0 Å². The minimum Gasteiger partial charge on any atom is -0.324 e. The zero-order valence-electron chi connectivity index (χ0n) is 15.0. The minimum atomic E-state index is -0.335. The van der Waals surface area contributed by atoms with Crippen LogP contribution in [0.2, 0.25) is 5.02 Å². The van der Waals surface area contributed by atoms with Crippen LogP contribution in [0, 0.1) is 6.92 Å². The highest BCUT2D eigenvalue weighted by Gasteiger charge is 2.13. The Hall–Kier alpha value is -3.51. The number of hydrogen-bond donors (Lipinski definition) is 2. The van der Waals surface area contributed by atoms with Crippen LogP contribution in [-0.4, -0.2) is 20.9 Å². The van der Waals surface area contributed by atoms with Crippen LogP contribution in [0.25, 0.3) is 10.9 Å². The molecule has 2 aromatic carbocycles. The Morgan fingerprint density at radius 1 is 1.00 bits per heavy atom. The Morgan fingerprint density at radius 3 is 2.68 bits per heavy atom. The first-order chi connectivity index (χ1) is 13.6. The highest BCUT2D eigenvalue weighted by molar-refractivity contribution is 6.30. The topological polar surface area (TPSA) is 79.8 Å². The Kier molecular flexibility index (Phi) is 4.87. The van der Waals surface area contributed by atoms with Crippen molar-refractivity contribution < 1.29 is 4.79 Å². The number of benzene rings is 2. The number of hydrogen-bond acceptors (Lipinski definition) is 5. The summed E-state index contributed by atoms with van der Waals surface area (Å²) in [5, 5.41) is 7.51. The molecule has 0 aliphatic rings. The SMILES string of the molecule is Cc1cc(C(=O)Nc2cccc3cccnc23)nc(Nc2cccc(Cl)c2)n1. The van der Waals surface area contributed by atoms with Gasteiger partial charge in [0.2, 0.25) is 5.95 Å². The Balaban J connectivity index is 1.61. The summed E-state index contributed by atoms with van der Waals surface area (Å²) in [6.45, 7) is 1.81. The van der Waals surface area contributed by atoms with Gasteiger partial charge in [0.05, 0.1) is 11.2 Å². The lowest BCUT2D eigenvalue weighted by Gasteiger charge is -2.10. The van der Waals surface area contributed by atoms with Crippen molar-refractivity contribution in [2.45, 2.75) is 6.92 Å². The van der Waals surface area contributed by atoms with E-state index in [-0.39, 0.29) is 11.6 Å². The molecule has 0 saturated heterocycles. The molecule has 7 heteroatoms. The van der Waals surface area contributed by atoms with Gasteiger partial charge in [0.1, 0.15) is 5.69 Å². The number of rotatable bonds is 4. The quantitative estimate of drug-likeness (QED) is 0.514. The van der Waals surface area contributed by atoms with Crippen LogP contribution in [-0.2, 0) is 0 Å². The number of para-hydroxylation sites is 1. The molecule has 0 radical (unpaired) electrons. The first kappa shape index (κ1) is 17.9. The number of aryl methyl sites for hydroxylation is 1. The fourth-order valence-corrected chi connectivity index (χ4v) is 3.02. The van der Waals surface area contributed by atoms with Gasteiger partial charge in [0.15, 0.2) is 0 Å². The van der Waals surface area contributed by atoms with E-state index in [0.717, 1.165) is 16.6 Å². The molecule has 28 heavy (non-hydrogen) atoms. The summed E-state index contributed by atoms with van der Waals surface area (Å²) in [5.74, 6) is -0.0127. The molecule has 0 spiro atoms. The van der Waals surface area contributed by atoms with Crippen molar-refractivity contribution in [2.24, 2.45) is 0 Å². The third-order valence-electron chi connectivity index (χ3n) is 4.05. The number of anilines is 3. The number of aromatic nitrogens is 3. The number of amides is 1. The van der Waals surface area contributed by atoms with Gasteiger partial charge in [-0.2, -0.15) is 0 Å². The van der Waals surface area contributed by atoms with Gasteiger partial charge in [-0.3, -0.25) is 9.78 Å². The first-order valence-electron chi connectivity index (χ1n) is 8.62. The molecular formula is C21H16ClN5O. The third-order valence-corrected chi connectivity index (χ3v) is 4.28. The normalized spacial score (nSPS) is 10.6. The van der Waals surface area contributed by atoms with Gasteiger partial charge in [-0.05, 0) is 43.3 Å². The maximum atomic E-state index is 12.8. The summed E-state index contributed by atoms with van der Waals surface area (Å²) < 4.78 is 0. The molecule has 0 fully saturated rings. The van der Waals surface area contributed by atoms with Crippen LogP contribution in [0.3, 0.4) is 0 Å². The maximum Gasteiger partial charge on any atom is 0.274 e. The van der Waals surface area contributed by atoms with Crippen molar-refractivity contribution in [1.82, 2.24) is 15.0 Å². The van der Waals surface area contributed by atoms with E-state index < -0.39 is 0 Å². The lowest BCUT2D eigenvalue weighted by molar-refractivity contribution is 0.102. The lowest BCUT2D eigenvalue weighted by Crippen LogP contribution is -2.16. The molecule has 6 nitrogen and oxygen atoms in total. The molecule has 0 atom stereocenters. The largest absolute Gasteiger partial charge is 0.324 e. The van der Waals surface area contributed by atoms with Crippen LogP contribution in [0.4, 0.5) is 17.3 Å². The molecule has 1 amide bonds. The zero-order valence-corrected chi connectivity index (χ0v) is 15.7. The molecule has 4 rings (SSSR count). The number of fused-ring (bicyclic) bond motifs is 1. The van der Waals surface area contributed by atoms with Crippen LogP contribution < -0.4 is 10.6 Å². The number of pyridine rings is 1. The zero-order chi connectivity index (χ0) is 19.5. The van der Waals surface area contributed by atoms with Gasteiger partial charge in [-0.25, -0.2) is 9.97 Å². The summed E-state index contributed by atoms with van der Waals surface area (Å²) in [4.78, 5) is 25.8. The maximum absolute atomic E-state index is 12.8. The molecule has 138 valence electrons. The van der Waals surface area contributed by atoms with Crippen LogP contribution in [0.15, 0.2) is 66.9 Å². The molecule has 4 aromatic rings. The van der Waals surface area contributed by atoms with Crippen molar-refractivity contribution in [3.05, 3.63) is 83.3 Å². The van der Waals surface area contributed by atoms with E-state index in [2.05, 4.69) is 25.6 Å². The molecule has 0 unspecified atom stereocenters. The first-order valence-corrected chi connectivity index (χ1v) is 9.00. The van der Waals surface area contributed by atoms with Crippen LogP contribution >= 0.6 is 11.6 Å². The Bertz CT molecular complexity index is 1170. The van der Waals surface area contributed by atoms with Crippen molar-refractivity contribution in [1.29, 1.82) is 0 Å². The van der Waals surface area contributed by atoms with Gasteiger partial charge >= 0.3 is 0 Å². The van der Waals surface area contributed by atoms with E-state index >= 15 is 0 Å². The van der Waals surface area contributed by atoms with Gasteiger partial charge in [0.25, 0.3) is 5.91 Å². The van der Waals surface area contributed by atoms with Gasteiger partial charge in [0, 0.05) is 28.0 Å². The van der Waals surface area contributed by atoms with Crippen LogP contribution in [0.5, 0.6) is 0 Å². The standard InChI is InChI=1S/C21H16ClN5O/c1-13-11-18(27-21(24-13)25-16-8-3-7-15(22)12-16)20(28)26-17-9-2-5-14-6-4-10-23-19(14)17/h2-12H,1H3,(H,26,28)(H,24,25,27). The average Bonchev–Trinajstić information content (AvgIpc) is 2.68. The fourth-order valence-electron chi connectivity index (χ4n) is 2.83. The lowest BCUT2D eigenvalue weighted by atomic mass is 10.2. The van der Waals surface area contributed by atoms with E-state index in [9.17, 15) is 4.79 Å². The third kappa shape index (κ3) is 3.92. The highest BCUT2D eigenvalue weighted by atomic mass is 35.5. The summed E-state index contributed by atoms with van der Waals surface area (Å²) in [6.07, 6.45) is 1.69. The van der Waals surface area contributed by atoms with Gasteiger partial charge in [-0.15, -0.1) is 0 Å². The Morgan fingerprint density at radius 2 is 1.82 bits per heavy atom. The monoisotopic (exact) mass is 389 g/mol. The molecular weight excluding hydrogens is 374 g/mol. The van der Waals surface area contributed by atoms with Gasteiger partial charge in [-0.1, -0.05) is 35.9 Å². The average molecular weight is 390 g/mol. The predicted octanol–water partition coefficient (Wildman–Crippen LogP) is 4.98. The summed E-state index contributed by atoms with van der Waals surface area (Å²) in [6, 6.07) is 18.3. The molecule has 0 saturated carbocycles. The van der Waals surface area contributed by atoms with E-state index in [1.807, 2.05) is 42.5 Å². The molecule has 0 aliphatic carbocycles. The number of carbonyl (C=O) groups excluding carboxylic acids is 1. The number of carbonyl (C=O) groups is 1. The second-order valence-electron chi connectivity index (χ2n) is 6.19. The second-order valence-corrected chi connectivity index (χ2v) is 6.62.